The monoisotopic (exact) mass is 272 g/mol. The highest BCUT2D eigenvalue weighted by Crippen LogP contribution is 2.34. The largest absolute Gasteiger partial charge is 0.355 e. The molecule has 20 heavy (non-hydrogen) atoms. The number of hydrogen-bond acceptors (Lipinski definition) is 2. The number of benzene rings is 1. The molecular weight excluding hydrogens is 248 g/mol. The van der Waals surface area contributed by atoms with Crippen LogP contribution in [0, 0.1) is 5.92 Å². The van der Waals surface area contributed by atoms with Gasteiger partial charge in [-0.15, -0.1) is 0 Å². The Hall–Kier alpha value is -1.35. The third-order valence-electron chi connectivity index (χ3n) is 4.69. The standard InChI is InChI=1S/C17H24N2O/c18-16(13-8-9-13)11-19-17(20)10-14-6-3-5-12-4-1-2-7-15(12)14/h1-2,4,7,13-14,16H,3,5-6,8-11,18H2,(H,19,20). The minimum atomic E-state index is 0.151. The summed E-state index contributed by atoms with van der Waals surface area (Å²) in [5.41, 5.74) is 8.82. The first-order valence-electron chi connectivity index (χ1n) is 7.84. The average molecular weight is 272 g/mol. The van der Waals surface area contributed by atoms with Crippen molar-refractivity contribution in [1.29, 1.82) is 0 Å². The molecule has 108 valence electrons. The van der Waals surface area contributed by atoms with E-state index < -0.39 is 0 Å². The Balaban J connectivity index is 1.54. The van der Waals surface area contributed by atoms with Gasteiger partial charge in [0.15, 0.2) is 0 Å². The molecule has 3 heteroatoms. The van der Waals surface area contributed by atoms with Crippen LogP contribution in [-0.4, -0.2) is 18.5 Å². The van der Waals surface area contributed by atoms with Gasteiger partial charge in [0.25, 0.3) is 0 Å². The number of nitrogens with one attached hydrogen (secondary N) is 1. The molecule has 2 aliphatic carbocycles. The number of amides is 1. The van der Waals surface area contributed by atoms with Crippen molar-refractivity contribution in [3.8, 4) is 0 Å². The zero-order valence-corrected chi connectivity index (χ0v) is 12.0. The van der Waals surface area contributed by atoms with Crippen LogP contribution in [0.4, 0.5) is 0 Å². The lowest BCUT2D eigenvalue weighted by Crippen LogP contribution is -2.39. The van der Waals surface area contributed by atoms with Crippen molar-refractivity contribution in [2.75, 3.05) is 6.54 Å². The van der Waals surface area contributed by atoms with Crippen molar-refractivity contribution in [3.05, 3.63) is 35.4 Å². The Morgan fingerprint density at radius 1 is 1.30 bits per heavy atom. The summed E-state index contributed by atoms with van der Waals surface area (Å²) in [6.45, 7) is 0.637. The van der Waals surface area contributed by atoms with Crippen molar-refractivity contribution in [1.82, 2.24) is 5.32 Å². The summed E-state index contributed by atoms with van der Waals surface area (Å²) in [6.07, 6.45) is 6.53. The zero-order valence-electron chi connectivity index (χ0n) is 12.0. The molecule has 0 bridgehead atoms. The molecule has 0 saturated heterocycles. The van der Waals surface area contributed by atoms with Crippen LogP contribution in [0.1, 0.15) is 49.1 Å². The van der Waals surface area contributed by atoms with Gasteiger partial charge in [0.1, 0.15) is 0 Å². The predicted octanol–water partition coefficient (Wildman–Crippen LogP) is 2.35. The van der Waals surface area contributed by atoms with Gasteiger partial charge in [0.05, 0.1) is 0 Å². The van der Waals surface area contributed by atoms with Gasteiger partial charge in [-0.05, 0) is 55.1 Å². The average Bonchev–Trinajstić information content (AvgIpc) is 3.30. The smallest absolute Gasteiger partial charge is 0.220 e. The number of aryl methyl sites for hydroxylation is 1. The number of hydrogen-bond donors (Lipinski definition) is 2. The van der Waals surface area contributed by atoms with Crippen molar-refractivity contribution < 1.29 is 4.79 Å². The highest BCUT2D eigenvalue weighted by Gasteiger charge is 2.29. The number of fused-ring (bicyclic) bond motifs is 1. The summed E-state index contributed by atoms with van der Waals surface area (Å²) in [5.74, 6) is 1.19. The summed E-state index contributed by atoms with van der Waals surface area (Å²) in [5, 5.41) is 3.02. The van der Waals surface area contributed by atoms with Gasteiger partial charge in [-0.3, -0.25) is 4.79 Å². The molecular formula is C17H24N2O. The summed E-state index contributed by atoms with van der Waals surface area (Å²) in [6, 6.07) is 8.70. The highest BCUT2D eigenvalue weighted by molar-refractivity contribution is 5.77. The van der Waals surface area contributed by atoms with Crippen LogP contribution in [0.3, 0.4) is 0 Å². The van der Waals surface area contributed by atoms with E-state index in [0.29, 0.717) is 24.8 Å². The minimum absolute atomic E-state index is 0.151. The first-order chi connectivity index (χ1) is 9.74. The quantitative estimate of drug-likeness (QED) is 0.864. The Kier molecular flexibility index (Phi) is 4.06. The van der Waals surface area contributed by atoms with Crippen LogP contribution < -0.4 is 11.1 Å². The Labute approximate surface area is 120 Å². The molecule has 0 radical (unpaired) electrons. The van der Waals surface area contributed by atoms with Crippen molar-refractivity contribution in [2.24, 2.45) is 11.7 Å². The molecule has 0 heterocycles. The lowest BCUT2D eigenvalue weighted by Gasteiger charge is -2.25. The van der Waals surface area contributed by atoms with Gasteiger partial charge in [-0.25, -0.2) is 0 Å². The molecule has 2 atom stereocenters. The fourth-order valence-electron chi connectivity index (χ4n) is 3.29. The van der Waals surface area contributed by atoms with E-state index in [1.807, 2.05) is 0 Å². The van der Waals surface area contributed by atoms with Crippen molar-refractivity contribution in [2.45, 2.75) is 50.5 Å². The molecule has 2 unspecified atom stereocenters. The first kappa shape index (κ1) is 13.6. The second-order valence-corrected chi connectivity index (χ2v) is 6.30. The lowest BCUT2D eigenvalue weighted by atomic mass is 9.81. The SMILES string of the molecule is NC(CNC(=O)CC1CCCc2ccccc21)C1CC1. The van der Waals surface area contributed by atoms with Crippen LogP contribution in [0.5, 0.6) is 0 Å². The Bertz CT molecular complexity index is 482. The molecule has 1 saturated carbocycles. The van der Waals surface area contributed by atoms with Crippen LogP contribution in [0.2, 0.25) is 0 Å². The van der Waals surface area contributed by atoms with E-state index >= 15 is 0 Å². The Morgan fingerprint density at radius 3 is 2.90 bits per heavy atom. The number of rotatable bonds is 5. The summed E-state index contributed by atoms with van der Waals surface area (Å²) in [4.78, 5) is 12.1. The molecule has 0 aromatic heterocycles. The van der Waals surface area contributed by atoms with Crippen molar-refractivity contribution in [3.63, 3.8) is 0 Å². The van der Waals surface area contributed by atoms with E-state index in [1.165, 1.54) is 30.4 Å². The fourth-order valence-corrected chi connectivity index (χ4v) is 3.29. The molecule has 1 fully saturated rings. The van der Waals surface area contributed by atoms with Gasteiger partial charge in [-0.2, -0.15) is 0 Å². The summed E-state index contributed by atoms with van der Waals surface area (Å²) >= 11 is 0. The molecule has 3 N–H and O–H groups in total. The van der Waals surface area contributed by atoms with E-state index in [0.717, 1.165) is 12.8 Å². The third-order valence-corrected chi connectivity index (χ3v) is 4.69. The second-order valence-electron chi connectivity index (χ2n) is 6.30. The minimum Gasteiger partial charge on any atom is -0.355 e. The van der Waals surface area contributed by atoms with Gasteiger partial charge < -0.3 is 11.1 Å². The summed E-state index contributed by atoms with van der Waals surface area (Å²) < 4.78 is 0. The molecule has 3 nitrogen and oxygen atoms in total. The molecule has 2 aliphatic rings. The van der Waals surface area contributed by atoms with E-state index in [4.69, 9.17) is 5.73 Å². The van der Waals surface area contributed by atoms with Crippen molar-refractivity contribution >= 4 is 5.91 Å². The van der Waals surface area contributed by atoms with E-state index in [2.05, 4.69) is 29.6 Å². The van der Waals surface area contributed by atoms with Gasteiger partial charge in [-0.1, -0.05) is 24.3 Å². The van der Waals surface area contributed by atoms with Gasteiger partial charge in [0.2, 0.25) is 5.91 Å². The maximum atomic E-state index is 12.1. The van der Waals surface area contributed by atoms with E-state index in [9.17, 15) is 4.79 Å². The normalized spacial score (nSPS) is 22.9. The maximum absolute atomic E-state index is 12.1. The molecule has 0 spiro atoms. The molecule has 0 aliphatic heterocycles. The lowest BCUT2D eigenvalue weighted by molar-refractivity contribution is -0.121. The number of carbonyl (C=O) groups excluding carboxylic acids is 1. The maximum Gasteiger partial charge on any atom is 0.220 e. The van der Waals surface area contributed by atoms with Crippen LogP contribution >= 0.6 is 0 Å². The third kappa shape index (κ3) is 3.21. The highest BCUT2D eigenvalue weighted by atomic mass is 16.1. The summed E-state index contributed by atoms with van der Waals surface area (Å²) in [7, 11) is 0. The molecule has 1 aromatic carbocycles. The molecule has 3 rings (SSSR count). The van der Waals surface area contributed by atoms with E-state index in [-0.39, 0.29) is 11.9 Å². The van der Waals surface area contributed by atoms with Crippen LogP contribution in [0.25, 0.3) is 0 Å². The topological polar surface area (TPSA) is 55.1 Å². The van der Waals surface area contributed by atoms with E-state index in [1.54, 1.807) is 0 Å². The predicted molar refractivity (Wildman–Crippen MR) is 80.4 cm³/mol. The van der Waals surface area contributed by atoms with Crippen LogP contribution in [0.15, 0.2) is 24.3 Å². The first-order valence-corrected chi connectivity index (χ1v) is 7.84. The second kappa shape index (κ2) is 5.96. The fraction of sp³-hybridized carbons (Fsp3) is 0.588. The van der Waals surface area contributed by atoms with Gasteiger partial charge in [0, 0.05) is 19.0 Å². The van der Waals surface area contributed by atoms with Crippen LogP contribution in [-0.2, 0) is 11.2 Å². The zero-order chi connectivity index (χ0) is 13.9. The number of nitrogens with two attached hydrogens (primary N) is 1. The molecule has 1 amide bonds. The number of carbonyl (C=O) groups is 1. The molecule has 1 aromatic rings. The Morgan fingerprint density at radius 2 is 2.10 bits per heavy atom. The van der Waals surface area contributed by atoms with Gasteiger partial charge >= 0.3 is 0 Å².